The number of nitrogen functional groups attached to an aromatic ring is 1. The van der Waals surface area contributed by atoms with Gasteiger partial charge in [-0.2, -0.15) is 0 Å². The number of nitrogens with two attached hydrogens (primary N) is 1. The number of rotatable bonds is 3. The minimum absolute atomic E-state index is 0.111. The molecule has 4 heteroatoms. The molecule has 1 aromatic rings. The molecule has 0 spiro atoms. The van der Waals surface area contributed by atoms with Crippen LogP contribution in [-0.4, -0.2) is 30.6 Å². The average Bonchev–Trinajstić information content (AvgIpc) is 2.38. The summed E-state index contributed by atoms with van der Waals surface area (Å²) in [4.78, 5) is 2.24. The van der Waals surface area contributed by atoms with E-state index < -0.39 is 0 Å². The Morgan fingerprint density at radius 3 is 3.00 bits per heavy atom. The largest absolute Gasteiger partial charge is 0.396 e. The van der Waals surface area contributed by atoms with Crippen LogP contribution in [0.25, 0.3) is 0 Å². The summed E-state index contributed by atoms with van der Waals surface area (Å²) in [5.74, 6) is 0.444. The van der Waals surface area contributed by atoms with E-state index in [1.807, 2.05) is 25.1 Å². The molecular weight excluding hydrogens is 226 g/mol. The molecule has 18 heavy (non-hydrogen) atoms. The van der Waals surface area contributed by atoms with Gasteiger partial charge in [-0.1, -0.05) is 11.6 Å². The fourth-order valence-corrected chi connectivity index (χ4v) is 2.57. The fraction of sp³-hybridized carbons (Fsp3) is 0.500. The van der Waals surface area contributed by atoms with Crippen LogP contribution in [0.5, 0.6) is 0 Å². The molecule has 1 saturated heterocycles. The molecule has 0 aliphatic carbocycles. The topological polar surface area (TPSA) is 73.3 Å². The highest BCUT2D eigenvalue weighted by Gasteiger charge is 2.21. The number of aryl methyl sites for hydroxylation is 1. The lowest BCUT2D eigenvalue weighted by Gasteiger charge is -2.34. The van der Waals surface area contributed by atoms with E-state index in [2.05, 4.69) is 4.90 Å². The summed E-state index contributed by atoms with van der Waals surface area (Å²) in [6, 6.07) is 6.04. The Labute approximate surface area is 108 Å². The second-order valence-corrected chi connectivity index (χ2v) is 5.07. The van der Waals surface area contributed by atoms with Gasteiger partial charge in [0.2, 0.25) is 0 Å². The van der Waals surface area contributed by atoms with Gasteiger partial charge in [-0.25, -0.2) is 0 Å². The molecule has 2 rings (SSSR count). The Balaban J connectivity index is 2.29. The van der Waals surface area contributed by atoms with Crippen molar-refractivity contribution in [1.29, 1.82) is 5.41 Å². The summed E-state index contributed by atoms with van der Waals surface area (Å²) in [6.45, 7) is 4.06. The molecule has 1 aromatic carbocycles. The minimum atomic E-state index is 0.111. The van der Waals surface area contributed by atoms with Crippen molar-refractivity contribution in [1.82, 2.24) is 0 Å². The van der Waals surface area contributed by atoms with Gasteiger partial charge < -0.3 is 15.7 Å². The third-order valence-corrected chi connectivity index (χ3v) is 3.56. The van der Waals surface area contributed by atoms with Crippen molar-refractivity contribution in [2.45, 2.75) is 19.8 Å². The van der Waals surface area contributed by atoms with Gasteiger partial charge in [-0.15, -0.1) is 0 Å². The number of aliphatic hydroxyl groups excluding tert-OH is 1. The first-order valence-electron chi connectivity index (χ1n) is 6.42. The van der Waals surface area contributed by atoms with Crippen LogP contribution in [0.15, 0.2) is 18.2 Å². The van der Waals surface area contributed by atoms with Crippen molar-refractivity contribution in [2.75, 3.05) is 24.6 Å². The molecule has 0 aromatic heterocycles. The predicted octanol–water partition coefficient (Wildman–Crippen LogP) is 1.49. The Kier molecular flexibility index (Phi) is 3.87. The van der Waals surface area contributed by atoms with Gasteiger partial charge >= 0.3 is 0 Å². The van der Waals surface area contributed by atoms with E-state index in [0.717, 1.165) is 42.7 Å². The highest BCUT2D eigenvalue weighted by Crippen LogP contribution is 2.26. The van der Waals surface area contributed by atoms with Crippen molar-refractivity contribution < 1.29 is 5.11 Å². The standard InChI is InChI=1S/C14H21N3O/c1-10-4-5-13(12(7-10)14(15)16)17-6-2-3-11(8-17)9-18/h4-5,7,11,18H,2-3,6,8-9H2,1H3,(H3,15,16). The van der Waals surface area contributed by atoms with Crippen molar-refractivity contribution in [2.24, 2.45) is 11.7 Å². The number of hydrogen-bond acceptors (Lipinski definition) is 3. The summed E-state index contributed by atoms with van der Waals surface area (Å²) in [5, 5.41) is 17.0. The number of anilines is 1. The summed E-state index contributed by atoms with van der Waals surface area (Å²) in [6.07, 6.45) is 2.16. The van der Waals surface area contributed by atoms with Crippen LogP contribution in [0.4, 0.5) is 5.69 Å². The average molecular weight is 247 g/mol. The number of piperidine rings is 1. The highest BCUT2D eigenvalue weighted by molar-refractivity contribution is 6.00. The smallest absolute Gasteiger partial charge is 0.124 e. The van der Waals surface area contributed by atoms with E-state index in [1.54, 1.807) is 0 Å². The zero-order valence-electron chi connectivity index (χ0n) is 10.8. The molecule has 1 unspecified atom stereocenters. The summed E-state index contributed by atoms with van der Waals surface area (Å²) in [7, 11) is 0. The van der Waals surface area contributed by atoms with Gasteiger partial charge in [0.15, 0.2) is 0 Å². The Morgan fingerprint density at radius 1 is 1.56 bits per heavy atom. The van der Waals surface area contributed by atoms with E-state index in [9.17, 15) is 5.11 Å². The van der Waals surface area contributed by atoms with Gasteiger partial charge in [0.05, 0.1) is 0 Å². The third kappa shape index (κ3) is 2.64. The molecule has 4 nitrogen and oxygen atoms in total. The highest BCUT2D eigenvalue weighted by atomic mass is 16.3. The van der Waals surface area contributed by atoms with Gasteiger partial charge in [0.25, 0.3) is 0 Å². The normalized spacial score (nSPS) is 19.9. The molecule has 0 radical (unpaired) electrons. The zero-order valence-corrected chi connectivity index (χ0v) is 10.8. The Bertz CT molecular complexity index is 445. The van der Waals surface area contributed by atoms with E-state index in [0.29, 0.717) is 5.92 Å². The molecule has 1 atom stereocenters. The van der Waals surface area contributed by atoms with Crippen molar-refractivity contribution >= 4 is 11.5 Å². The SMILES string of the molecule is Cc1ccc(N2CCCC(CO)C2)c(C(=N)N)c1. The van der Waals surface area contributed by atoms with Crippen LogP contribution >= 0.6 is 0 Å². The van der Waals surface area contributed by atoms with Crippen molar-refractivity contribution in [3.63, 3.8) is 0 Å². The van der Waals surface area contributed by atoms with Crippen LogP contribution < -0.4 is 10.6 Å². The van der Waals surface area contributed by atoms with Gasteiger partial charge in [-0.3, -0.25) is 5.41 Å². The summed E-state index contributed by atoms with van der Waals surface area (Å²) < 4.78 is 0. The maximum absolute atomic E-state index is 9.28. The van der Waals surface area contributed by atoms with Crippen LogP contribution in [0.2, 0.25) is 0 Å². The molecule has 98 valence electrons. The lowest BCUT2D eigenvalue weighted by atomic mass is 9.97. The zero-order chi connectivity index (χ0) is 13.1. The summed E-state index contributed by atoms with van der Waals surface area (Å²) >= 11 is 0. The van der Waals surface area contributed by atoms with Gasteiger partial charge in [0.1, 0.15) is 5.84 Å². The van der Waals surface area contributed by atoms with E-state index in [1.165, 1.54) is 0 Å². The molecule has 0 bridgehead atoms. The van der Waals surface area contributed by atoms with Crippen LogP contribution in [0.1, 0.15) is 24.0 Å². The lowest BCUT2D eigenvalue weighted by molar-refractivity contribution is 0.208. The van der Waals surface area contributed by atoms with Crippen LogP contribution in [0.3, 0.4) is 0 Å². The van der Waals surface area contributed by atoms with Crippen LogP contribution in [0, 0.1) is 18.3 Å². The van der Waals surface area contributed by atoms with Crippen molar-refractivity contribution in [3.05, 3.63) is 29.3 Å². The minimum Gasteiger partial charge on any atom is -0.396 e. The number of amidine groups is 1. The van der Waals surface area contributed by atoms with E-state index in [-0.39, 0.29) is 12.4 Å². The number of nitrogens with zero attached hydrogens (tertiary/aromatic N) is 1. The molecule has 1 fully saturated rings. The Hall–Kier alpha value is -1.55. The molecular formula is C14H21N3O. The number of nitrogens with one attached hydrogen (secondary N) is 1. The third-order valence-electron chi connectivity index (χ3n) is 3.56. The molecule has 1 heterocycles. The molecule has 4 N–H and O–H groups in total. The van der Waals surface area contributed by atoms with Gasteiger partial charge in [-0.05, 0) is 37.8 Å². The fourth-order valence-electron chi connectivity index (χ4n) is 2.57. The van der Waals surface area contributed by atoms with E-state index in [4.69, 9.17) is 11.1 Å². The molecule has 1 aliphatic rings. The molecule has 1 aliphatic heterocycles. The quantitative estimate of drug-likeness (QED) is 0.559. The monoisotopic (exact) mass is 247 g/mol. The maximum atomic E-state index is 9.28. The van der Waals surface area contributed by atoms with Crippen molar-refractivity contribution in [3.8, 4) is 0 Å². The number of aliphatic hydroxyl groups is 1. The molecule has 0 amide bonds. The maximum Gasteiger partial charge on any atom is 0.124 e. The number of benzene rings is 1. The number of hydrogen-bond donors (Lipinski definition) is 3. The first-order chi connectivity index (χ1) is 8.61. The lowest BCUT2D eigenvalue weighted by Crippen LogP contribution is -2.38. The molecule has 0 saturated carbocycles. The summed E-state index contributed by atoms with van der Waals surface area (Å²) in [5.41, 5.74) is 8.59. The van der Waals surface area contributed by atoms with E-state index >= 15 is 0 Å². The predicted molar refractivity (Wildman–Crippen MR) is 74.2 cm³/mol. The van der Waals surface area contributed by atoms with Gasteiger partial charge in [0, 0.05) is 30.9 Å². The Morgan fingerprint density at radius 2 is 2.33 bits per heavy atom. The second kappa shape index (κ2) is 5.40. The second-order valence-electron chi connectivity index (χ2n) is 5.07. The first-order valence-corrected chi connectivity index (χ1v) is 6.42. The first kappa shape index (κ1) is 12.9. The van der Waals surface area contributed by atoms with Crippen LogP contribution in [-0.2, 0) is 0 Å².